The summed E-state index contributed by atoms with van der Waals surface area (Å²) in [6.45, 7) is 7.35. The summed E-state index contributed by atoms with van der Waals surface area (Å²) in [7, 11) is 0. The normalized spacial score (nSPS) is 10.6. The number of benzene rings is 1. The molecule has 0 fully saturated rings. The molecule has 0 atom stereocenters. The Morgan fingerprint density at radius 3 is 2.32 bits per heavy atom. The Balaban J connectivity index is 1.89. The smallest absolute Gasteiger partial charge is 0.348 e. The van der Waals surface area contributed by atoms with Crippen molar-refractivity contribution in [2.45, 2.75) is 27.7 Å². The Hall–Kier alpha value is -3.46. The summed E-state index contributed by atoms with van der Waals surface area (Å²) in [4.78, 5) is 37.8. The quantitative estimate of drug-likeness (QED) is 0.527. The minimum atomic E-state index is -0.618. The number of esters is 2. The highest BCUT2D eigenvalue weighted by atomic mass is 32.1. The van der Waals surface area contributed by atoms with Crippen LogP contribution in [-0.2, 0) is 9.47 Å². The molecule has 0 aliphatic rings. The SMILES string of the molecule is CCOC(=O)c1sc(NC(=O)c2cc(-c3ccc(C)cc3)n[nH]2)c(C(=O)OCC)c1C. The van der Waals surface area contributed by atoms with Crippen molar-refractivity contribution in [2.24, 2.45) is 0 Å². The van der Waals surface area contributed by atoms with Crippen molar-refractivity contribution in [3.63, 3.8) is 0 Å². The van der Waals surface area contributed by atoms with E-state index in [-0.39, 0.29) is 34.3 Å². The van der Waals surface area contributed by atoms with Crippen LogP contribution in [0.5, 0.6) is 0 Å². The van der Waals surface area contributed by atoms with Crippen LogP contribution < -0.4 is 5.32 Å². The predicted octanol–water partition coefficient (Wildman–Crippen LogP) is 4.36. The second-order valence-electron chi connectivity index (χ2n) is 6.69. The maximum atomic E-state index is 12.8. The van der Waals surface area contributed by atoms with Crippen LogP contribution in [-0.4, -0.2) is 41.3 Å². The number of nitrogens with one attached hydrogen (secondary N) is 2. The number of hydrogen-bond donors (Lipinski definition) is 2. The standard InChI is InChI=1S/C22H23N3O5S/c1-5-29-21(27)17-13(4)18(22(28)30-6-2)31-20(17)23-19(26)16-11-15(24-25-16)14-9-7-12(3)8-10-14/h7-11H,5-6H2,1-4H3,(H,23,26)(H,24,25). The number of ether oxygens (including phenoxy) is 2. The molecule has 0 aliphatic heterocycles. The van der Waals surface area contributed by atoms with E-state index in [4.69, 9.17) is 9.47 Å². The summed E-state index contributed by atoms with van der Waals surface area (Å²) < 4.78 is 10.2. The van der Waals surface area contributed by atoms with Crippen molar-refractivity contribution < 1.29 is 23.9 Å². The highest BCUT2D eigenvalue weighted by molar-refractivity contribution is 7.18. The highest BCUT2D eigenvalue weighted by Crippen LogP contribution is 2.34. The summed E-state index contributed by atoms with van der Waals surface area (Å²) in [5, 5.41) is 9.82. The van der Waals surface area contributed by atoms with Crippen LogP contribution in [0.3, 0.4) is 0 Å². The number of hydrogen-bond acceptors (Lipinski definition) is 7. The summed E-state index contributed by atoms with van der Waals surface area (Å²) >= 11 is 0.975. The fourth-order valence-corrected chi connectivity index (χ4v) is 4.01. The van der Waals surface area contributed by atoms with Gasteiger partial charge in [0.15, 0.2) is 0 Å². The first kappa shape index (κ1) is 22.2. The summed E-state index contributed by atoms with van der Waals surface area (Å²) in [5.41, 5.74) is 3.36. The van der Waals surface area contributed by atoms with Crippen molar-refractivity contribution in [1.29, 1.82) is 0 Å². The molecular weight excluding hydrogens is 418 g/mol. The van der Waals surface area contributed by atoms with E-state index < -0.39 is 17.8 Å². The number of amides is 1. The van der Waals surface area contributed by atoms with Crippen LogP contribution in [0.2, 0.25) is 0 Å². The third-order valence-corrected chi connectivity index (χ3v) is 5.67. The highest BCUT2D eigenvalue weighted by Gasteiger charge is 2.27. The van der Waals surface area contributed by atoms with Crippen molar-refractivity contribution in [2.75, 3.05) is 18.5 Å². The molecule has 3 rings (SSSR count). The van der Waals surface area contributed by atoms with Crippen molar-refractivity contribution in [1.82, 2.24) is 10.2 Å². The van der Waals surface area contributed by atoms with Gasteiger partial charge in [-0.15, -0.1) is 11.3 Å². The number of nitrogens with zero attached hydrogens (tertiary/aromatic N) is 1. The van der Waals surface area contributed by atoms with Gasteiger partial charge in [-0.05, 0) is 39.3 Å². The van der Waals surface area contributed by atoms with E-state index >= 15 is 0 Å². The Labute approximate surface area is 183 Å². The van der Waals surface area contributed by atoms with E-state index in [0.717, 1.165) is 22.5 Å². The molecule has 0 saturated carbocycles. The zero-order chi connectivity index (χ0) is 22.5. The van der Waals surface area contributed by atoms with E-state index in [1.807, 2.05) is 31.2 Å². The van der Waals surface area contributed by atoms with Gasteiger partial charge < -0.3 is 14.8 Å². The lowest BCUT2D eigenvalue weighted by Crippen LogP contribution is -2.15. The number of carbonyl (C=O) groups excluding carboxylic acids is 3. The van der Waals surface area contributed by atoms with Gasteiger partial charge in [-0.3, -0.25) is 9.89 Å². The predicted molar refractivity (Wildman–Crippen MR) is 118 cm³/mol. The second-order valence-corrected chi connectivity index (χ2v) is 7.71. The van der Waals surface area contributed by atoms with Gasteiger partial charge in [0, 0.05) is 5.56 Å². The lowest BCUT2D eigenvalue weighted by Gasteiger charge is -2.06. The largest absolute Gasteiger partial charge is 0.462 e. The van der Waals surface area contributed by atoms with Gasteiger partial charge in [-0.2, -0.15) is 5.10 Å². The fraction of sp³-hybridized carbons (Fsp3) is 0.273. The molecule has 1 amide bonds. The van der Waals surface area contributed by atoms with Crippen molar-refractivity contribution in [3.05, 3.63) is 57.6 Å². The van der Waals surface area contributed by atoms with Crippen molar-refractivity contribution >= 4 is 34.2 Å². The zero-order valence-corrected chi connectivity index (χ0v) is 18.5. The number of anilines is 1. The van der Waals surface area contributed by atoms with Crippen LogP contribution in [0.15, 0.2) is 30.3 Å². The Kier molecular flexibility index (Phi) is 6.86. The first-order valence-corrected chi connectivity index (χ1v) is 10.6. The van der Waals surface area contributed by atoms with Gasteiger partial charge >= 0.3 is 11.9 Å². The molecule has 9 heteroatoms. The Morgan fingerprint density at radius 2 is 1.68 bits per heavy atom. The molecule has 2 heterocycles. The monoisotopic (exact) mass is 441 g/mol. The molecule has 2 aromatic heterocycles. The van der Waals surface area contributed by atoms with E-state index in [2.05, 4.69) is 15.5 Å². The number of H-pyrrole nitrogens is 1. The topological polar surface area (TPSA) is 110 Å². The number of aromatic amines is 1. The minimum Gasteiger partial charge on any atom is -0.462 e. The maximum Gasteiger partial charge on any atom is 0.348 e. The molecule has 2 N–H and O–H groups in total. The van der Waals surface area contributed by atoms with E-state index in [9.17, 15) is 14.4 Å². The average molecular weight is 442 g/mol. The molecule has 0 spiro atoms. The van der Waals surface area contributed by atoms with Crippen LogP contribution >= 0.6 is 11.3 Å². The number of carbonyl (C=O) groups is 3. The zero-order valence-electron chi connectivity index (χ0n) is 17.7. The third kappa shape index (κ3) is 4.83. The average Bonchev–Trinajstić information content (AvgIpc) is 3.34. The van der Waals surface area contributed by atoms with E-state index in [1.165, 1.54) is 0 Å². The van der Waals surface area contributed by atoms with Gasteiger partial charge in [0.2, 0.25) is 0 Å². The van der Waals surface area contributed by atoms with Gasteiger partial charge in [-0.1, -0.05) is 29.8 Å². The maximum absolute atomic E-state index is 12.8. The lowest BCUT2D eigenvalue weighted by molar-refractivity contribution is 0.0527. The van der Waals surface area contributed by atoms with Gasteiger partial charge in [0.25, 0.3) is 5.91 Å². The minimum absolute atomic E-state index is 0.140. The summed E-state index contributed by atoms with van der Waals surface area (Å²) in [5.74, 6) is -1.67. The molecule has 8 nitrogen and oxygen atoms in total. The molecule has 0 saturated heterocycles. The molecule has 0 aliphatic carbocycles. The van der Waals surface area contributed by atoms with Crippen LogP contribution in [0.25, 0.3) is 11.3 Å². The summed E-state index contributed by atoms with van der Waals surface area (Å²) in [6.07, 6.45) is 0. The Bertz CT molecular complexity index is 1110. The molecule has 0 bridgehead atoms. The number of aromatic nitrogens is 2. The number of aryl methyl sites for hydroxylation is 1. The molecule has 0 unspecified atom stereocenters. The van der Waals surface area contributed by atoms with Gasteiger partial charge in [0.05, 0.1) is 24.5 Å². The molecule has 0 radical (unpaired) electrons. The first-order chi connectivity index (χ1) is 14.8. The molecule has 1 aromatic carbocycles. The van der Waals surface area contributed by atoms with Gasteiger partial charge in [-0.25, -0.2) is 9.59 Å². The van der Waals surface area contributed by atoms with Crippen LogP contribution in [0.1, 0.15) is 55.5 Å². The fourth-order valence-electron chi connectivity index (χ4n) is 2.92. The number of thiophene rings is 1. The first-order valence-electron chi connectivity index (χ1n) is 9.77. The summed E-state index contributed by atoms with van der Waals surface area (Å²) in [6, 6.07) is 9.37. The van der Waals surface area contributed by atoms with E-state index in [0.29, 0.717) is 11.3 Å². The van der Waals surface area contributed by atoms with Crippen molar-refractivity contribution in [3.8, 4) is 11.3 Å². The molecule has 162 valence electrons. The lowest BCUT2D eigenvalue weighted by atomic mass is 10.1. The Morgan fingerprint density at radius 1 is 1.03 bits per heavy atom. The number of rotatable bonds is 7. The third-order valence-electron chi connectivity index (χ3n) is 4.48. The van der Waals surface area contributed by atoms with Gasteiger partial charge in [0.1, 0.15) is 15.6 Å². The van der Waals surface area contributed by atoms with Crippen LogP contribution in [0, 0.1) is 13.8 Å². The van der Waals surface area contributed by atoms with Crippen LogP contribution in [0.4, 0.5) is 5.00 Å². The molecular formula is C22H23N3O5S. The second kappa shape index (κ2) is 9.57. The van der Waals surface area contributed by atoms with E-state index in [1.54, 1.807) is 26.8 Å². The molecule has 3 aromatic rings. The molecule has 31 heavy (non-hydrogen) atoms.